The fourth-order valence-electron chi connectivity index (χ4n) is 0. The summed E-state index contributed by atoms with van der Waals surface area (Å²) in [7, 11) is 0. The van der Waals surface area contributed by atoms with E-state index in [-0.39, 0.29) is 26.2 Å². The molecule has 0 amide bonds. The minimum absolute atomic E-state index is 0. The van der Waals surface area contributed by atoms with Gasteiger partial charge in [0.05, 0.1) is 0 Å². The number of hydrogen-bond acceptors (Lipinski definition) is 1. The molecule has 0 bridgehead atoms. The second-order valence-corrected chi connectivity index (χ2v) is 1.74. The third-order valence-corrected chi connectivity index (χ3v) is 0.560. The minimum Gasteiger partial charge on any atom is -0.479 e. The molecular formula is C2H2BiCl2O2. The number of carboxylic acids is 1. The Balaban J connectivity index is 0. The van der Waals surface area contributed by atoms with Crippen LogP contribution in [0.2, 0.25) is 0 Å². The zero-order valence-corrected chi connectivity index (χ0v) is 8.12. The number of halogens is 2. The molecule has 0 rings (SSSR count). The van der Waals surface area contributed by atoms with Crippen molar-refractivity contribution in [3.8, 4) is 0 Å². The molecule has 0 saturated heterocycles. The van der Waals surface area contributed by atoms with E-state index in [1.807, 2.05) is 0 Å². The van der Waals surface area contributed by atoms with Crippen molar-refractivity contribution < 1.29 is 9.90 Å². The van der Waals surface area contributed by atoms with Gasteiger partial charge in [0.2, 0.25) is 4.84 Å². The average molecular weight is 338 g/mol. The van der Waals surface area contributed by atoms with Crippen LogP contribution in [-0.2, 0) is 4.79 Å². The monoisotopic (exact) mass is 337 g/mol. The van der Waals surface area contributed by atoms with E-state index in [0.717, 1.165) is 0 Å². The van der Waals surface area contributed by atoms with Crippen molar-refractivity contribution in [1.82, 2.24) is 0 Å². The van der Waals surface area contributed by atoms with E-state index in [1.54, 1.807) is 0 Å². The minimum atomic E-state index is -1.29. The molecule has 0 aliphatic rings. The van der Waals surface area contributed by atoms with Gasteiger partial charge in [0.15, 0.2) is 0 Å². The van der Waals surface area contributed by atoms with E-state index in [9.17, 15) is 4.79 Å². The summed E-state index contributed by atoms with van der Waals surface area (Å²) < 4.78 is 0. The Morgan fingerprint density at radius 2 is 1.71 bits per heavy atom. The summed E-state index contributed by atoms with van der Waals surface area (Å²) in [5, 5.41) is 7.73. The van der Waals surface area contributed by atoms with E-state index in [1.165, 1.54) is 0 Å². The Labute approximate surface area is 69.9 Å². The average Bonchev–Trinajstić information content (AvgIpc) is 1.36. The quantitative estimate of drug-likeness (QED) is 0.558. The van der Waals surface area contributed by atoms with Crippen LogP contribution in [-0.4, -0.2) is 42.1 Å². The number of aliphatic carboxylic acids is 1. The fraction of sp³-hybridized carbons (Fsp3) is 0.500. The summed E-state index contributed by atoms with van der Waals surface area (Å²) in [6.45, 7) is 0. The van der Waals surface area contributed by atoms with E-state index < -0.39 is 10.8 Å². The maximum atomic E-state index is 9.44. The van der Waals surface area contributed by atoms with Crippen LogP contribution in [0, 0.1) is 0 Å². The fourth-order valence-corrected chi connectivity index (χ4v) is 0. The zero-order chi connectivity index (χ0) is 5.15. The maximum Gasteiger partial charge on any atom is 0.337 e. The van der Waals surface area contributed by atoms with E-state index in [0.29, 0.717) is 0 Å². The van der Waals surface area contributed by atoms with Crippen molar-refractivity contribution in [3.63, 3.8) is 0 Å². The van der Waals surface area contributed by atoms with Crippen LogP contribution < -0.4 is 0 Å². The van der Waals surface area contributed by atoms with Gasteiger partial charge in [-0.25, -0.2) is 4.79 Å². The molecule has 5 heteroatoms. The second kappa shape index (κ2) is 5.08. The molecule has 0 aromatic rings. The first-order valence-corrected chi connectivity index (χ1v) is 2.03. The van der Waals surface area contributed by atoms with Crippen molar-refractivity contribution in [1.29, 1.82) is 0 Å². The van der Waals surface area contributed by atoms with Gasteiger partial charge in [0.1, 0.15) is 0 Å². The molecule has 41 valence electrons. The van der Waals surface area contributed by atoms with Crippen LogP contribution in [0.15, 0.2) is 0 Å². The van der Waals surface area contributed by atoms with Crippen LogP contribution in [0.1, 0.15) is 0 Å². The van der Waals surface area contributed by atoms with Crippen molar-refractivity contribution in [3.05, 3.63) is 0 Å². The van der Waals surface area contributed by atoms with Crippen LogP contribution in [0.4, 0.5) is 0 Å². The number of rotatable bonds is 1. The number of carboxylic acid groups (broad SMARTS) is 1. The first-order valence-electron chi connectivity index (χ1n) is 1.15. The van der Waals surface area contributed by atoms with Crippen molar-refractivity contribution >= 4 is 55.4 Å². The number of hydrogen-bond donors (Lipinski definition) is 1. The molecule has 0 aromatic heterocycles. The Hall–Kier alpha value is 0.933. The molecule has 0 saturated carbocycles. The SMILES string of the molecule is O=C(O)C(Cl)Cl.[Bi]. The van der Waals surface area contributed by atoms with Gasteiger partial charge in [-0.15, -0.1) is 0 Å². The zero-order valence-electron chi connectivity index (χ0n) is 3.14. The van der Waals surface area contributed by atoms with Gasteiger partial charge < -0.3 is 5.11 Å². The van der Waals surface area contributed by atoms with Crippen molar-refractivity contribution in [2.45, 2.75) is 4.84 Å². The van der Waals surface area contributed by atoms with Gasteiger partial charge in [-0.1, -0.05) is 23.2 Å². The standard InChI is InChI=1S/C2H2Cl2O2.Bi/c3-1(4)2(5)6;/h1H,(H,5,6);. The predicted octanol–water partition coefficient (Wildman–Crippen LogP) is 0.494. The summed E-state index contributed by atoms with van der Waals surface area (Å²) in [5.74, 6) is -1.21. The predicted molar refractivity (Wildman–Crippen MR) is 28.9 cm³/mol. The molecule has 0 fully saturated rings. The van der Waals surface area contributed by atoms with Gasteiger partial charge in [0, 0.05) is 26.2 Å². The Morgan fingerprint density at radius 3 is 1.71 bits per heavy atom. The van der Waals surface area contributed by atoms with Crippen molar-refractivity contribution in [2.24, 2.45) is 0 Å². The van der Waals surface area contributed by atoms with Gasteiger partial charge in [-0.3, -0.25) is 0 Å². The van der Waals surface area contributed by atoms with Crippen LogP contribution in [0.5, 0.6) is 0 Å². The number of carbonyl (C=O) groups is 1. The summed E-state index contributed by atoms with van der Waals surface area (Å²) in [6, 6.07) is 0. The maximum absolute atomic E-state index is 9.44. The molecule has 0 aromatic carbocycles. The molecule has 0 spiro atoms. The molecule has 0 aliphatic carbocycles. The third kappa shape index (κ3) is 6.93. The second-order valence-electron chi connectivity index (χ2n) is 0.639. The summed E-state index contributed by atoms with van der Waals surface area (Å²) >= 11 is 9.56. The molecule has 1 N–H and O–H groups in total. The summed E-state index contributed by atoms with van der Waals surface area (Å²) in [6.07, 6.45) is 0. The van der Waals surface area contributed by atoms with Crippen molar-refractivity contribution in [2.75, 3.05) is 0 Å². The van der Waals surface area contributed by atoms with Gasteiger partial charge >= 0.3 is 5.97 Å². The third-order valence-electron chi connectivity index (χ3n) is 0.187. The molecule has 0 atom stereocenters. The molecular weight excluding hydrogens is 336 g/mol. The topological polar surface area (TPSA) is 37.3 Å². The van der Waals surface area contributed by atoms with E-state index in [4.69, 9.17) is 28.3 Å². The van der Waals surface area contributed by atoms with Gasteiger partial charge in [0.25, 0.3) is 0 Å². The van der Waals surface area contributed by atoms with E-state index in [2.05, 4.69) is 0 Å². The summed E-state index contributed by atoms with van der Waals surface area (Å²) in [4.78, 5) is 8.15. The van der Waals surface area contributed by atoms with Gasteiger partial charge in [-0.05, 0) is 0 Å². The molecule has 0 aliphatic heterocycles. The Morgan fingerprint density at radius 1 is 1.57 bits per heavy atom. The normalized spacial score (nSPS) is 7.86. The molecule has 2 nitrogen and oxygen atoms in total. The molecule has 0 unspecified atom stereocenters. The largest absolute Gasteiger partial charge is 0.479 e. The molecule has 3 radical (unpaired) electrons. The van der Waals surface area contributed by atoms with Crippen LogP contribution >= 0.6 is 23.2 Å². The smallest absolute Gasteiger partial charge is 0.337 e. The Kier molecular flexibility index (Phi) is 7.86. The van der Waals surface area contributed by atoms with Gasteiger partial charge in [-0.2, -0.15) is 0 Å². The molecule has 0 heterocycles. The van der Waals surface area contributed by atoms with E-state index >= 15 is 0 Å². The Bertz CT molecular complexity index is 64.7. The summed E-state index contributed by atoms with van der Waals surface area (Å²) in [5.41, 5.74) is 0. The first kappa shape index (κ1) is 10.8. The van der Waals surface area contributed by atoms with Crippen LogP contribution in [0.25, 0.3) is 0 Å². The number of alkyl halides is 2. The first-order chi connectivity index (χ1) is 2.64. The molecule has 7 heavy (non-hydrogen) atoms. The van der Waals surface area contributed by atoms with Crippen LogP contribution in [0.3, 0.4) is 0 Å².